The molecule has 7 heteroatoms. The van der Waals surface area contributed by atoms with Crippen molar-refractivity contribution in [2.75, 3.05) is 17.2 Å². The molecule has 2 heterocycles. The van der Waals surface area contributed by atoms with E-state index in [1.807, 2.05) is 62.4 Å². The van der Waals surface area contributed by atoms with E-state index in [4.69, 9.17) is 4.74 Å². The first-order valence-corrected chi connectivity index (χ1v) is 11.1. The van der Waals surface area contributed by atoms with Gasteiger partial charge in [0.2, 0.25) is 5.95 Å². The molecule has 2 aromatic carbocycles. The van der Waals surface area contributed by atoms with E-state index in [1.165, 1.54) is 6.33 Å². The van der Waals surface area contributed by atoms with Crippen LogP contribution in [0.5, 0.6) is 5.75 Å². The molecular formula is C25H29N5O2. The van der Waals surface area contributed by atoms with E-state index < -0.39 is 6.04 Å². The Kier molecular flexibility index (Phi) is 6.54. The van der Waals surface area contributed by atoms with Crippen LogP contribution in [0.1, 0.15) is 50.3 Å². The van der Waals surface area contributed by atoms with E-state index >= 15 is 0 Å². The number of carbonyl (C=O) groups excluding carboxylic acids is 1. The number of anilines is 2. The summed E-state index contributed by atoms with van der Waals surface area (Å²) in [5.74, 6) is 1.26. The maximum Gasteiger partial charge on any atom is 0.255 e. The molecule has 1 atom stereocenters. The molecule has 3 aromatic rings. The number of aromatic nitrogens is 3. The molecular weight excluding hydrogens is 402 g/mol. The molecule has 0 spiro atoms. The van der Waals surface area contributed by atoms with Gasteiger partial charge in [-0.1, -0.05) is 50.1 Å². The van der Waals surface area contributed by atoms with Gasteiger partial charge in [-0.3, -0.25) is 4.79 Å². The van der Waals surface area contributed by atoms with Crippen LogP contribution in [-0.2, 0) is 4.79 Å². The third-order valence-electron chi connectivity index (χ3n) is 5.64. The van der Waals surface area contributed by atoms with Crippen LogP contribution in [0.4, 0.5) is 11.6 Å². The second kappa shape index (κ2) is 9.68. The minimum absolute atomic E-state index is 0.171. The van der Waals surface area contributed by atoms with E-state index in [2.05, 4.69) is 27.6 Å². The number of hydrogen-bond donors (Lipinski definition) is 2. The summed E-state index contributed by atoms with van der Waals surface area (Å²) in [7, 11) is 0. The Hall–Kier alpha value is -3.61. The quantitative estimate of drug-likeness (QED) is 0.486. The van der Waals surface area contributed by atoms with E-state index in [9.17, 15) is 4.79 Å². The lowest BCUT2D eigenvalue weighted by atomic mass is 9.95. The zero-order chi connectivity index (χ0) is 22.5. The molecule has 4 rings (SSSR count). The highest BCUT2D eigenvalue weighted by atomic mass is 16.5. The van der Waals surface area contributed by atoms with Crippen LogP contribution in [0.2, 0.25) is 0 Å². The molecule has 0 unspecified atom stereocenters. The fraction of sp³-hybridized carbons (Fsp3) is 0.320. The van der Waals surface area contributed by atoms with Gasteiger partial charge in [-0.25, -0.2) is 4.68 Å². The number of rotatable bonds is 8. The minimum atomic E-state index is -0.396. The molecule has 0 fully saturated rings. The first kappa shape index (κ1) is 21.6. The number of nitrogens with zero attached hydrogens (tertiary/aromatic N) is 3. The van der Waals surface area contributed by atoms with Crippen LogP contribution < -0.4 is 15.4 Å². The average molecular weight is 432 g/mol. The number of benzene rings is 2. The highest BCUT2D eigenvalue weighted by molar-refractivity contribution is 6.06. The molecule has 0 saturated heterocycles. The summed E-state index contributed by atoms with van der Waals surface area (Å²) in [6, 6.07) is 15.2. The summed E-state index contributed by atoms with van der Waals surface area (Å²) in [6.45, 7) is 6.75. The number of nitrogens with one attached hydrogen (secondary N) is 2. The first-order valence-electron chi connectivity index (χ1n) is 11.1. The monoisotopic (exact) mass is 431 g/mol. The summed E-state index contributed by atoms with van der Waals surface area (Å²) in [6.07, 6.45) is 4.86. The Balaban J connectivity index is 1.62. The van der Waals surface area contributed by atoms with Gasteiger partial charge in [0.05, 0.1) is 12.2 Å². The number of fused-ring (bicyclic) bond motifs is 1. The molecule has 1 aliphatic rings. The van der Waals surface area contributed by atoms with Crippen LogP contribution in [-0.4, -0.2) is 27.3 Å². The van der Waals surface area contributed by atoms with E-state index in [1.54, 1.807) is 4.68 Å². The molecule has 166 valence electrons. The topological polar surface area (TPSA) is 81.1 Å². The zero-order valence-electron chi connectivity index (χ0n) is 18.8. The summed E-state index contributed by atoms with van der Waals surface area (Å²) in [4.78, 5) is 17.7. The van der Waals surface area contributed by atoms with Crippen molar-refractivity contribution in [3.8, 4) is 5.75 Å². The molecule has 1 aromatic heterocycles. The van der Waals surface area contributed by atoms with Gasteiger partial charge < -0.3 is 15.4 Å². The first-order chi connectivity index (χ1) is 15.6. The van der Waals surface area contributed by atoms with Crippen LogP contribution in [0.25, 0.3) is 0 Å². The highest BCUT2D eigenvalue weighted by Gasteiger charge is 2.33. The molecule has 0 bridgehead atoms. The van der Waals surface area contributed by atoms with Gasteiger partial charge >= 0.3 is 0 Å². The van der Waals surface area contributed by atoms with Crippen LogP contribution >= 0.6 is 0 Å². The van der Waals surface area contributed by atoms with Crippen molar-refractivity contribution in [3.05, 3.63) is 77.3 Å². The van der Waals surface area contributed by atoms with Gasteiger partial charge in [-0.2, -0.15) is 10.1 Å². The summed E-state index contributed by atoms with van der Waals surface area (Å²) in [5, 5.41) is 10.7. The smallest absolute Gasteiger partial charge is 0.255 e. The Morgan fingerprint density at radius 1 is 1.12 bits per heavy atom. The van der Waals surface area contributed by atoms with Crippen molar-refractivity contribution in [2.45, 2.75) is 46.1 Å². The number of allylic oxidation sites excluding steroid dienone is 1. The van der Waals surface area contributed by atoms with Gasteiger partial charge in [0.1, 0.15) is 18.1 Å². The number of unbranched alkanes of at least 4 members (excludes halogenated alkanes) is 2. The number of amides is 1. The number of carbonyl (C=O) groups is 1. The molecule has 1 amide bonds. The zero-order valence-corrected chi connectivity index (χ0v) is 18.8. The molecule has 0 radical (unpaired) electrons. The molecule has 1 aliphatic heterocycles. The minimum Gasteiger partial charge on any atom is -0.494 e. The van der Waals surface area contributed by atoms with Crippen molar-refractivity contribution in [3.63, 3.8) is 0 Å². The second-order valence-electron chi connectivity index (χ2n) is 7.99. The summed E-state index contributed by atoms with van der Waals surface area (Å²) in [5.41, 5.74) is 4.08. The standard InChI is InChI=1S/C25H29N5O2/c1-4-5-8-15-32-20-13-11-19(12-14-20)23-22(18(3)28-25-26-16-27-30(23)25)24(31)29-21-10-7-6-9-17(21)2/h6-7,9-14,16,23H,4-5,8,15H2,1-3H3,(H,29,31)(H,26,27,28)/t23-/m0/s1. The van der Waals surface area contributed by atoms with Crippen molar-refractivity contribution >= 4 is 17.5 Å². The van der Waals surface area contributed by atoms with Gasteiger partial charge in [0.25, 0.3) is 5.91 Å². The largest absolute Gasteiger partial charge is 0.494 e. The van der Waals surface area contributed by atoms with Gasteiger partial charge in [-0.15, -0.1) is 0 Å². The van der Waals surface area contributed by atoms with Crippen LogP contribution in [0.15, 0.2) is 66.1 Å². The van der Waals surface area contributed by atoms with E-state index in [0.717, 1.165) is 47.5 Å². The van der Waals surface area contributed by atoms with Gasteiger partial charge in [-0.05, 0) is 49.6 Å². The van der Waals surface area contributed by atoms with Gasteiger partial charge in [0, 0.05) is 11.4 Å². The maximum atomic E-state index is 13.4. The predicted octanol–water partition coefficient (Wildman–Crippen LogP) is 5.08. The lowest BCUT2D eigenvalue weighted by Gasteiger charge is -2.29. The molecule has 32 heavy (non-hydrogen) atoms. The van der Waals surface area contributed by atoms with E-state index in [-0.39, 0.29) is 5.91 Å². The van der Waals surface area contributed by atoms with Crippen molar-refractivity contribution in [1.29, 1.82) is 0 Å². The number of ether oxygens (including phenoxy) is 1. The SMILES string of the molecule is CCCCCOc1ccc([C@H]2C(C(=O)Nc3ccccc3C)=C(C)Nc3ncnn32)cc1. The second-order valence-corrected chi connectivity index (χ2v) is 7.99. The highest BCUT2D eigenvalue weighted by Crippen LogP contribution is 2.36. The fourth-order valence-electron chi connectivity index (χ4n) is 3.88. The van der Waals surface area contributed by atoms with Crippen molar-refractivity contribution in [2.24, 2.45) is 0 Å². The Labute approximate surface area is 188 Å². The normalized spacial score (nSPS) is 15.2. The number of para-hydroxylation sites is 1. The molecule has 7 nitrogen and oxygen atoms in total. The van der Waals surface area contributed by atoms with Crippen molar-refractivity contribution in [1.82, 2.24) is 14.8 Å². The fourth-order valence-corrected chi connectivity index (χ4v) is 3.88. The maximum absolute atomic E-state index is 13.4. The Morgan fingerprint density at radius 3 is 2.66 bits per heavy atom. The predicted molar refractivity (Wildman–Crippen MR) is 126 cm³/mol. The average Bonchev–Trinajstić information content (AvgIpc) is 3.26. The molecule has 2 N–H and O–H groups in total. The third kappa shape index (κ3) is 4.51. The summed E-state index contributed by atoms with van der Waals surface area (Å²) >= 11 is 0. The number of aryl methyl sites for hydroxylation is 1. The summed E-state index contributed by atoms with van der Waals surface area (Å²) < 4.78 is 7.60. The Morgan fingerprint density at radius 2 is 1.91 bits per heavy atom. The lowest BCUT2D eigenvalue weighted by Crippen LogP contribution is -2.31. The van der Waals surface area contributed by atoms with Gasteiger partial charge in [0.15, 0.2) is 0 Å². The Bertz CT molecular complexity index is 1120. The third-order valence-corrected chi connectivity index (χ3v) is 5.64. The molecule has 0 saturated carbocycles. The molecule has 0 aliphatic carbocycles. The number of hydrogen-bond acceptors (Lipinski definition) is 5. The van der Waals surface area contributed by atoms with Crippen molar-refractivity contribution < 1.29 is 9.53 Å². The van der Waals surface area contributed by atoms with Crippen LogP contribution in [0, 0.1) is 6.92 Å². The lowest BCUT2D eigenvalue weighted by molar-refractivity contribution is -0.113. The van der Waals surface area contributed by atoms with E-state index in [0.29, 0.717) is 18.1 Å². The van der Waals surface area contributed by atoms with Crippen LogP contribution in [0.3, 0.4) is 0 Å².